The van der Waals surface area contributed by atoms with Gasteiger partial charge in [0.25, 0.3) is 0 Å². The Morgan fingerprint density at radius 2 is 2.38 bits per heavy atom. The Bertz CT molecular complexity index is 378. The molecule has 1 rings (SSSR count). The Labute approximate surface area is 74.2 Å². The second-order valence-corrected chi connectivity index (χ2v) is 2.19. The predicted octanol–water partition coefficient (Wildman–Crippen LogP) is 0.918. The topological polar surface area (TPSA) is 67.5 Å². The van der Waals surface area contributed by atoms with Gasteiger partial charge in [0.15, 0.2) is 17.8 Å². The molecule has 0 saturated heterocycles. The zero-order valence-corrected chi connectivity index (χ0v) is 6.61. The molecule has 0 unspecified atom stereocenters. The van der Waals surface area contributed by atoms with Crippen molar-refractivity contribution in [3.63, 3.8) is 0 Å². The third-order valence-corrected chi connectivity index (χ3v) is 1.19. The van der Waals surface area contributed by atoms with Crippen LogP contribution in [0.5, 0.6) is 0 Å². The summed E-state index contributed by atoms with van der Waals surface area (Å²) < 4.78 is 4.88. The summed E-state index contributed by atoms with van der Waals surface area (Å²) in [4.78, 5) is 20.2. The zero-order valence-electron chi connectivity index (χ0n) is 6.61. The number of hydrogen-bond acceptors (Lipinski definition) is 3. The molecule has 1 N–H and O–H groups in total. The molecule has 0 aliphatic carbocycles. The van der Waals surface area contributed by atoms with Crippen LogP contribution in [0.1, 0.15) is 22.7 Å². The molecule has 0 saturated carbocycles. The lowest BCUT2D eigenvalue weighted by Crippen LogP contribution is -1.89. The molecule has 4 heteroatoms. The molecular formula is C9H6O4. The average Bonchev–Trinajstić information content (AvgIpc) is 2.52. The van der Waals surface area contributed by atoms with Gasteiger partial charge in [-0.15, -0.1) is 0 Å². The summed E-state index contributed by atoms with van der Waals surface area (Å²) in [5.41, 5.74) is 0. The number of furan rings is 1. The molecule has 1 aromatic rings. The van der Waals surface area contributed by atoms with Crippen molar-refractivity contribution >= 4 is 12.3 Å². The predicted molar refractivity (Wildman–Crippen MR) is 43.2 cm³/mol. The molecule has 1 aromatic heterocycles. The van der Waals surface area contributed by atoms with E-state index in [4.69, 9.17) is 9.52 Å². The number of carbonyl (C=O) groups is 2. The first-order valence-electron chi connectivity index (χ1n) is 3.48. The third-order valence-electron chi connectivity index (χ3n) is 1.19. The summed E-state index contributed by atoms with van der Waals surface area (Å²) in [6.45, 7) is 0. The van der Waals surface area contributed by atoms with Crippen molar-refractivity contribution in [2.45, 2.75) is 6.42 Å². The van der Waals surface area contributed by atoms with E-state index in [9.17, 15) is 9.59 Å². The summed E-state index contributed by atoms with van der Waals surface area (Å²) in [5.74, 6) is 4.34. The molecule has 4 nitrogen and oxygen atoms in total. The van der Waals surface area contributed by atoms with Crippen molar-refractivity contribution in [2.24, 2.45) is 0 Å². The van der Waals surface area contributed by atoms with Crippen LogP contribution in [0.2, 0.25) is 0 Å². The van der Waals surface area contributed by atoms with Crippen molar-refractivity contribution in [1.29, 1.82) is 0 Å². The van der Waals surface area contributed by atoms with Gasteiger partial charge in [-0.2, -0.15) is 0 Å². The minimum atomic E-state index is -0.991. The highest BCUT2D eigenvalue weighted by Crippen LogP contribution is 2.03. The molecule has 0 fully saturated rings. The number of rotatable bonds is 2. The van der Waals surface area contributed by atoms with Crippen LogP contribution in [-0.4, -0.2) is 17.4 Å². The monoisotopic (exact) mass is 178 g/mol. The van der Waals surface area contributed by atoms with E-state index in [1.807, 2.05) is 0 Å². The maximum Gasteiger partial charge on any atom is 0.315 e. The molecule has 0 radical (unpaired) electrons. The van der Waals surface area contributed by atoms with E-state index in [1.165, 1.54) is 12.1 Å². The van der Waals surface area contributed by atoms with E-state index in [2.05, 4.69) is 11.8 Å². The van der Waals surface area contributed by atoms with Gasteiger partial charge in [0.05, 0.1) is 0 Å². The maximum atomic E-state index is 10.2. The van der Waals surface area contributed by atoms with Gasteiger partial charge in [0.2, 0.25) is 0 Å². The van der Waals surface area contributed by atoms with E-state index in [-0.39, 0.29) is 12.2 Å². The number of aldehydes is 1. The Morgan fingerprint density at radius 1 is 1.62 bits per heavy atom. The van der Waals surface area contributed by atoms with Crippen molar-refractivity contribution in [1.82, 2.24) is 0 Å². The highest BCUT2D eigenvalue weighted by molar-refractivity contribution is 5.71. The zero-order chi connectivity index (χ0) is 9.68. The van der Waals surface area contributed by atoms with Gasteiger partial charge in [-0.3, -0.25) is 9.59 Å². The van der Waals surface area contributed by atoms with Crippen molar-refractivity contribution in [3.8, 4) is 11.8 Å². The van der Waals surface area contributed by atoms with E-state index in [0.717, 1.165) is 0 Å². The lowest BCUT2D eigenvalue weighted by Gasteiger charge is -1.79. The maximum absolute atomic E-state index is 10.2. The molecule has 0 aromatic carbocycles. The summed E-state index contributed by atoms with van der Waals surface area (Å²) in [7, 11) is 0. The first kappa shape index (κ1) is 9.07. The minimum Gasteiger partial charge on any atom is -0.481 e. The number of aliphatic carboxylic acids is 1. The number of carbonyl (C=O) groups excluding carboxylic acids is 1. The van der Waals surface area contributed by atoms with E-state index in [1.54, 1.807) is 0 Å². The molecule has 0 bridgehead atoms. The Balaban J connectivity index is 2.66. The second-order valence-electron chi connectivity index (χ2n) is 2.19. The standard InChI is InChI=1S/C9H6O4/c10-6-8-5-4-7(13-8)2-1-3-9(11)12/h4-6H,3H2,(H,11,12). The third kappa shape index (κ3) is 2.83. The molecule has 0 spiro atoms. The molecule has 13 heavy (non-hydrogen) atoms. The quantitative estimate of drug-likeness (QED) is 0.540. The van der Waals surface area contributed by atoms with Gasteiger partial charge in [-0.1, -0.05) is 5.92 Å². The second kappa shape index (κ2) is 4.12. The van der Waals surface area contributed by atoms with Crippen LogP contribution in [0.15, 0.2) is 16.5 Å². The fourth-order valence-electron chi connectivity index (χ4n) is 0.690. The Hall–Kier alpha value is -2.02. The number of carboxylic acids is 1. The molecule has 0 amide bonds. The summed E-state index contributed by atoms with van der Waals surface area (Å²) in [6, 6.07) is 2.98. The van der Waals surface area contributed by atoms with Crippen LogP contribution in [0.25, 0.3) is 0 Å². The van der Waals surface area contributed by atoms with Crippen molar-refractivity contribution in [3.05, 3.63) is 23.7 Å². The molecular weight excluding hydrogens is 172 g/mol. The lowest BCUT2D eigenvalue weighted by molar-refractivity contribution is -0.135. The Morgan fingerprint density at radius 3 is 2.92 bits per heavy atom. The van der Waals surface area contributed by atoms with Crippen LogP contribution in [0.4, 0.5) is 0 Å². The van der Waals surface area contributed by atoms with Crippen molar-refractivity contribution in [2.75, 3.05) is 0 Å². The molecule has 1 heterocycles. The lowest BCUT2D eigenvalue weighted by atomic mass is 10.4. The first-order chi connectivity index (χ1) is 6.22. The Kier molecular flexibility index (Phi) is 2.87. The first-order valence-corrected chi connectivity index (χ1v) is 3.48. The van der Waals surface area contributed by atoms with Gasteiger partial charge in [-0.25, -0.2) is 0 Å². The van der Waals surface area contributed by atoms with Crippen LogP contribution < -0.4 is 0 Å². The molecule has 0 aliphatic rings. The average molecular weight is 178 g/mol. The fourth-order valence-corrected chi connectivity index (χ4v) is 0.690. The van der Waals surface area contributed by atoms with Crippen LogP contribution >= 0.6 is 0 Å². The van der Waals surface area contributed by atoms with Crippen LogP contribution in [0, 0.1) is 11.8 Å². The molecule has 66 valence electrons. The van der Waals surface area contributed by atoms with Gasteiger partial charge >= 0.3 is 5.97 Å². The van der Waals surface area contributed by atoms with Crippen LogP contribution in [-0.2, 0) is 4.79 Å². The minimum absolute atomic E-state index is 0.180. The molecule has 0 atom stereocenters. The fraction of sp³-hybridized carbons (Fsp3) is 0.111. The largest absolute Gasteiger partial charge is 0.481 e. The van der Waals surface area contributed by atoms with E-state index < -0.39 is 5.97 Å². The number of carboxylic acid groups (broad SMARTS) is 1. The van der Waals surface area contributed by atoms with Crippen LogP contribution in [0.3, 0.4) is 0 Å². The molecule has 0 aliphatic heterocycles. The van der Waals surface area contributed by atoms with E-state index >= 15 is 0 Å². The summed E-state index contributed by atoms with van der Waals surface area (Å²) in [5, 5.41) is 8.25. The number of hydrogen-bond donors (Lipinski definition) is 1. The van der Waals surface area contributed by atoms with Gasteiger partial charge in [-0.05, 0) is 18.1 Å². The highest BCUT2D eigenvalue weighted by Gasteiger charge is 1.96. The smallest absolute Gasteiger partial charge is 0.315 e. The highest BCUT2D eigenvalue weighted by atomic mass is 16.4. The van der Waals surface area contributed by atoms with E-state index in [0.29, 0.717) is 12.0 Å². The summed E-state index contributed by atoms with van der Waals surface area (Å²) >= 11 is 0. The van der Waals surface area contributed by atoms with Gasteiger partial charge in [0, 0.05) is 0 Å². The summed E-state index contributed by atoms with van der Waals surface area (Å²) in [6.07, 6.45) is 0.319. The van der Waals surface area contributed by atoms with Gasteiger partial charge in [0.1, 0.15) is 6.42 Å². The van der Waals surface area contributed by atoms with Crippen molar-refractivity contribution < 1.29 is 19.1 Å². The normalized spacial score (nSPS) is 8.62. The SMILES string of the molecule is O=Cc1ccc(C#CCC(=O)O)o1. The van der Waals surface area contributed by atoms with Gasteiger partial charge < -0.3 is 9.52 Å².